The van der Waals surface area contributed by atoms with Crippen LogP contribution < -0.4 is 14.8 Å². The van der Waals surface area contributed by atoms with E-state index >= 15 is 0 Å². The zero-order chi connectivity index (χ0) is 17.8. The molecule has 0 saturated heterocycles. The van der Waals surface area contributed by atoms with Crippen LogP contribution in [-0.4, -0.2) is 17.9 Å². The largest absolute Gasteiger partial charge is 0.478 e. The van der Waals surface area contributed by atoms with Crippen LogP contribution in [0.3, 0.4) is 0 Å². The van der Waals surface area contributed by atoms with Gasteiger partial charge in [-0.2, -0.15) is 0 Å². The van der Waals surface area contributed by atoms with Gasteiger partial charge >= 0.3 is 5.97 Å². The molecule has 3 atom stereocenters. The molecule has 1 aliphatic carbocycles. The van der Waals surface area contributed by atoms with Gasteiger partial charge in [0, 0.05) is 5.92 Å². The van der Waals surface area contributed by atoms with Crippen LogP contribution in [0.1, 0.15) is 39.9 Å². The fourth-order valence-electron chi connectivity index (χ4n) is 4.30. The summed E-state index contributed by atoms with van der Waals surface area (Å²) >= 11 is 6.43. The van der Waals surface area contributed by atoms with E-state index in [2.05, 4.69) is 17.5 Å². The van der Waals surface area contributed by atoms with E-state index in [4.69, 9.17) is 21.1 Å². The Morgan fingerprint density at radius 3 is 2.88 bits per heavy atom. The van der Waals surface area contributed by atoms with Crippen molar-refractivity contribution in [2.45, 2.75) is 18.4 Å². The Balaban J connectivity index is 1.64. The number of hydrogen-bond donors (Lipinski definition) is 2. The molecule has 0 saturated carbocycles. The van der Waals surface area contributed by atoms with Gasteiger partial charge in [-0.15, -0.1) is 0 Å². The Bertz CT molecular complexity index is 955. The van der Waals surface area contributed by atoms with Gasteiger partial charge in [-0.05, 0) is 47.7 Å². The number of carbonyl (C=O) groups is 1. The van der Waals surface area contributed by atoms with E-state index in [0.29, 0.717) is 16.3 Å². The molecular formula is C20H16ClNO4. The first-order valence-corrected chi connectivity index (χ1v) is 8.89. The lowest BCUT2D eigenvalue weighted by Gasteiger charge is -2.38. The Morgan fingerprint density at radius 2 is 2.04 bits per heavy atom. The lowest BCUT2D eigenvalue weighted by Crippen LogP contribution is -2.30. The van der Waals surface area contributed by atoms with Gasteiger partial charge in [-0.3, -0.25) is 0 Å². The highest BCUT2D eigenvalue weighted by atomic mass is 35.5. The number of nitrogens with one attached hydrogen (secondary N) is 1. The molecule has 0 fully saturated rings. The van der Waals surface area contributed by atoms with Gasteiger partial charge in [0.25, 0.3) is 0 Å². The summed E-state index contributed by atoms with van der Waals surface area (Å²) in [6.45, 7) is 0.237. The van der Waals surface area contributed by atoms with Crippen molar-refractivity contribution in [3.63, 3.8) is 0 Å². The van der Waals surface area contributed by atoms with Crippen LogP contribution in [0.5, 0.6) is 11.5 Å². The van der Waals surface area contributed by atoms with E-state index in [1.54, 1.807) is 12.1 Å². The summed E-state index contributed by atoms with van der Waals surface area (Å²) in [5.74, 6) is 0.798. The number of ether oxygens (including phenoxy) is 2. The van der Waals surface area contributed by atoms with Crippen LogP contribution in [-0.2, 0) is 0 Å². The Kier molecular flexibility index (Phi) is 3.40. The van der Waals surface area contributed by atoms with Gasteiger partial charge in [0.1, 0.15) is 0 Å². The Morgan fingerprint density at radius 1 is 1.19 bits per heavy atom. The highest BCUT2D eigenvalue weighted by Gasteiger charge is 2.41. The second kappa shape index (κ2) is 5.68. The Hall–Kier alpha value is -2.66. The average Bonchev–Trinajstić information content (AvgIpc) is 3.29. The van der Waals surface area contributed by atoms with E-state index in [0.717, 1.165) is 29.0 Å². The number of carboxylic acids is 1. The number of carboxylic acid groups (broad SMARTS) is 1. The van der Waals surface area contributed by atoms with Crippen molar-refractivity contribution in [3.8, 4) is 11.5 Å². The number of rotatable bonds is 2. The third-order valence-corrected chi connectivity index (χ3v) is 5.77. The summed E-state index contributed by atoms with van der Waals surface area (Å²) in [4.78, 5) is 11.7. The highest BCUT2D eigenvalue weighted by Crippen LogP contribution is 2.53. The van der Waals surface area contributed by atoms with Gasteiger partial charge in [0.2, 0.25) is 6.79 Å². The molecular weight excluding hydrogens is 354 g/mol. The zero-order valence-electron chi connectivity index (χ0n) is 13.7. The smallest absolute Gasteiger partial charge is 0.336 e. The normalized spacial score (nSPS) is 24.7. The van der Waals surface area contributed by atoms with Crippen molar-refractivity contribution in [1.82, 2.24) is 0 Å². The number of fused-ring (bicyclic) bond motifs is 4. The van der Waals surface area contributed by atoms with Crippen molar-refractivity contribution in [2.24, 2.45) is 5.92 Å². The number of anilines is 1. The van der Waals surface area contributed by atoms with Crippen molar-refractivity contribution >= 4 is 23.3 Å². The van der Waals surface area contributed by atoms with Crippen LogP contribution in [0.15, 0.2) is 42.5 Å². The topological polar surface area (TPSA) is 67.8 Å². The first kappa shape index (κ1) is 15.6. The molecule has 0 bridgehead atoms. The predicted molar refractivity (Wildman–Crippen MR) is 97.3 cm³/mol. The molecule has 0 amide bonds. The van der Waals surface area contributed by atoms with Crippen molar-refractivity contribution in [2.75, 3.05) is 12.1 Å². The molecule has 2 aromatic carbocycles. The van der Waals surface area contributed by atoms with Gasteiger partial charge in [0.05, 0.1) is 22.3 Å². The van der Waals surface area contributed by atoms with Crippen LogP contribution >= 0.6 is 11.6 Å². The lowest BCUT2D eigenvalue weighted by molar-refractivity contribution is 0.0695. The molecule has 2 aliphatic heterocycles. The molecule has 6 heteroatoms. The molecule has 0 aromatic heterocycles. The minimum Gasteiger partial charge on any atom is -0.478 e. The molecule has 2 heterocycles. The van der Waals surface area contributed by atoms with E-state index in [1.807, 2.05) is 18.2 Å². The van der Waals surface area contributed by atoms with Gasteiger partial charge in [-0.25, -0.2) is 4.79 Å². The number of halogens is 1. The standard InChI is InChI=1S/C20H16ClNO4/c21-14-6-5-13(20(23)24)17-11-2-1-3-12(11)18(22-19(14)17)10-4-7-15-16(8-10)26-9-25-15/h1-2,4-8,11-12,18,22H,3,9H2,(H,23,24)/t11-,12+,18-/m0/s1. The Labute approximate surface area is 155 Å². The number of hydrogen-bond acceptors (Lipinski definition) is 4. The van der Waals surface area contributed by atoms with E-state index in [-0.39, 0.29) is 24.7 Å². The summed E-state index contributed by atoms with van der Waals surface area (Å²) in [6, 6.07) is 9.19. The fraction of sp³-hybridized carbons (Fsp3) is 0.250. The van der Waals surface area contributed by atoms with Gasteiger partial charge in [0.15, 0.2) is 11.5 Å². The molecule has 26 heavy (non-hydrogen) atoms. The highest BCUT2D eigenvalue weighted by molar-refractivity contribution is 6.33. The minimum absolute atomic E-state index is 0.0125. The average molecular weight is 370 g/mol. The molecule has 0 radical (unpaired) electrons. The maximum absolute atomic E-state index is 11.7. The van der Waals surface area contributed by atoms with Crippen LogP contribution in [0.25, 0.3) is 0 Å². The second-order valence-corrected chi connectivity index (χ2v) is 7.18. The van der Waals surface area contributed by atoms with Crippen molar-refractivity contribution in [3.05, 3.63) is 64.2 Å². The van der Waals surface area contributed by atoms with Gasteiger partial charge < -0.3 is 19.9 Å². The predicted octanol–water partition coefficient (Wildman–Crippen LogP) is 4.59. The lowest BCUT2D eigenvalue weighted by atomic mass is 9.75. The molecule has 0 unspecified atom stereocenters. The second-order valence-electron chi connectivity index (χ2n) is 6.78. The minimum atomic E-state index is -0.930. The van der Waals surface area contributed by atoms with E-state index in [1.165, 1.54) is 0 Å². The first-order chi connectivity index (χ1) is 12.6. The monoisotopic (exact) mass is 369 g/mol. The summed E-state index contributed by atoms with van der Waals surface area (Å²) in [7, 11) is 0. The SMILES string of the molecule is O=C(O)c1ccc(Cl)c2c1[C@H]1C=CC[C@H]1[C@H](c1ccc3c(c1)OCO3)N2. The maximum Gasteiger partial charge on any atom is 0.336 e. The van der Waals surface area contributed by atoms with Crippen molar-refractivity contribution in [1.29, 1.82) is 0 Å². The first-order valence-electron chi connectivity index (χ1n) is 8.52. The molecule has 3 aliphatic rings. The summed E-state index contributed by atoms with van der Waals surface area (Å²) < 4.78 is 10.9. The quantitative estimate of drug-likeness (QED) is 0.757. The summed E-state index contributed by atoms with van der Waals surface area (Å²) in [5.41, 5.74) is 2.88. The molecule has 2 aromatic rings. The van der Waals surface area contributed by atoms with Crippen LogP contribution in [0.2, 0.25) is 5.02 Å². The van der Waals surface area contributed by atoms with E-state index < -0.39 is 5.97 Å². The summed E-state index contributed by atoms with van der Waals surface area (Å²) in [6.07, 6.45) is 5.10. The molecule has 5 nitrogen and oxygen atoms in total. The van der Waals surface area contributed by atoms with Crippen molar-refractivity contribution < 1.29 is 19.4 Å². The number of aromatic carboxylic acids is 1. The zero-order valence-corrected chi connectivity index (χ0v) is 14.5. The third kappa shape index (κ3) is 2.20. The third-order valence-electron chi connectivity index (χ3n) is 5.46. The van der Waals surface area contributed by atoms with E-state index in [9.17, 15) is 9.90 Å². The molecule has 5 rings (SSSR count). The fourth-order valence-corrected chi connectivity index (χ4v) is 4.52. The number of allylic oxidation sites excluding steroid dienone is 2. The maximum atomic E-state index is 11.7. The molecule has 0 spiro atoms. The molecule has 2 N–H and O–H groups in total. The van der Waals surface area contributed by atoms with Crippen LogP contribution in [0, 0.1) is 5.92 Å². The summed E-state index contributed by atoms with van der Waals surface area (Å²) in [5, 5.41) is 13.7. The van der Waals surface area contributed by atoms with Gasteiger partial charge in [-0.1, -0.05) is 29.8 Å². The number of benzene rings is 2. The van der Waals surface area contributed by atoms with Crippen LogP contribution in [0.4, 0.5) is 5.69 Å². The molecule has 132 valence electrons.